The van der Waals surface area contributed by atoms with Crippen LogP contribution < -0.4 is 5.32 Å². The molecule has 0 saturated carbocycles. The number of nitrogens with one attached hydrogen (secondary N) is 1. The molecule has 1 N–H and O–H groups in total. The van der Waals surface area contributed by atoms with E-state index in [-0.39, 0.29) is 5.60 Å². The van der Waals surface area contributed by atoms with Gasteiger partial charge in [0, 0.05) is 19.7 Å². The summed E-state index contributed by atoms with van der Waals surface area (Å²) in [7, 11) is 1.77. The van der Waals surface area contributed by atoms with E-state index in [0.717, 1.165) is 6.54 Å². The van der Waals surface area contributed by atoms with Gasteiger partial charge in [0.2, 0.25) is 0 Å². The first-order valence-electron chi connectivity index (χ1n) is 6.92. The maximum absolute atomic E-state index is 5.44. The molecule has 2 heteroatoms. The van der Waals surface area contributed by atoms with E-state index in [4.69, 9.17) is 4.74 Å². The highest BCUT2D eigenvalue weighted by Gasteiger charge is 2.18. The molecule has 18 heavy (non-hydrogen) atoms. The maximum atomic E-state index is 5.44. The molecule has 100 valence electrons. The summed E-state index contributed by atoms with van der Waals surface area (Å²) in [6.07, 6.45) is 3.82. The van der Waals surface area contributed by atoms with Gasteiger partial charge in [-0.1, -0.05) is 18.2 Å². The van der Waals surface area contributed by atoms with Crippen molar-refractivity contribution in [3.8, 4) is 0 Å². The van der Waals surface area contributed by atoms with E-state index in [0.29, 0.717) is 6.04 Å². The van der Waals surface area contributed by atoms with E-state index in [9.17, 15) is 0 Å². The average Bonchev–Trinajstić information content (AvgIpc) is 2.83. The van der Waals surface area contributed by atoms with Crippen molar-refractivity contribution in [1.82, 2.24) is 5.32 Å². The van der Waals surface area contributed by atoms with Gasteiger partial charge in [0.1, 0.15) is 0 Å². The van der Waals surface area contributed by atoms with Gasteiger partial charge in [-0.05, 0) is 56.7 Å². The zero-order valence-corrected chi connectivity index (χ0v) is 12.0. The summed E-state index contributed by atoms with van der Waals surface area (Å²) in [4.78, 5) is 0. The summed E-state index contributed by atoms with van der Waals surface area (Å²) in [5.41, 5.74) is 4.38. The van der Waals surface area contributed by atoms with Gasteiger partial charge in [-0.15, -0.1) is 0 Å². The molecule has 1 aromatic carbocycles. The highest BCUT2D eigenvalue weighted by molar-refractivity contribution is 5.36. The van der Waals surface area contributed by atoms with Crippen LogP contribution in [0.4, 0.5) is 0 Å². The van der Waals surface area contributed by atoms with Crippen molar-refractivity contribution in [2.45, 2.75) is 51.7 Å². The molecule has 1 aliphatic carbocycles. The number of benzene rings is 1. The second kappa shape index (κ2) is 5.41. The highest BCUT2D eigenvalue weighted by Crippen LogP contribution is 2.25. The molecule has 0 aromatic heterocycles. The van der Waals surface area contributed by atoms with E-state index >= 15 is 0 Å². The highest BCUT2D eigenvalue weighted by atomic mass is 16.5. The average molecular weight is 247 g/mol. The van der Waals surface area contributed by atoms with E-state index < -0.39 is 0 Å². The molecule has 2 rings (SSSR count). The van der Waals surface area contributed by atoms with Gasteiger partial charge >= 0.3 is 0 Å². The number of ether oxygens (including phenoxy) is 1. The molecule has 0 aliphatic heterocycles. The first kappa shape index (κ1) is 13.6. The quantitative estimate of drug-likeness (QED) is 0.862. The minimum atomic E-state index is -0.106. The summed E-state index contributed by atoms with van der Waals surface area (Å²) in [6.45, 7) is 7.30. The lowest BCUT2D eigenvalue weighted by Crippen LogP contribution is -2.37. The Morgan fingerprint density at radius 2 is 2.00 bits per heavy atom. The van der Waals surface area contributed by atoms with Crippen LogP contribution in [-0.2, 0) is 17.6 Å². The predicted molar refractivity (Wildman–Crippen MR) is 76.0 cm³/mol. The Kier molecular flexibility index (Phi) is 4.08. The summed E-state index contributed by atoms with van der Waals surface area (Å²) < 4.78 is 5.44. The molecular formula is C16H25NO. The Bertz CT molecular complexity index is 412. The van der Waals surface area contributed by atoms with Crippen LogP contribution in [0.5, 0.6) is 0 Å². The topological polar surface area (TPSA) is 21.3 Å². The van der Waals surface area contributed by atoms with Crippen molar-refractivity contribution in [3.63, 3.8) is 0 Å². The third kappa shape index (κ3) is 3.12. The molecule has 1 aromatic rings. The van der Waals surface area contributed by atoms with Gasteiger partial charge in [-0.2, -0.15) is 0 Å². The molecule has 0 bridgehead atoms. The Morgan fingerprint density at radius 3 is 2.72 bits per heavy atom. The smallest absolute Gasteiger partial charge is 0.0746 e. The van der Waals surface area contributed by atoms with Crippen LogP contribution >= 0.6 is 0 Å². The predicted octanol–water partition coefficient (Wildman–Crippen LogP) is 3.25. The van der Waals surface area contributed by atoms with Gasteiger partial charge in [-0.25, -0.2) is 0 Å². The lowest BCUT2D eigenvalue weighted by molar-refractivity contribution is 0.0214. The molecule has 0 saturated heterocycles. The third-order valence-electron chi connectivity index (χ3n) is 4.01. The number of methoxy groups -OCH3 is 1. The molecule has 1 atom stereocenters. The van der Waals surface area contributed by atoms with Crippen LogP contribution in [0, 0.1) is 0 Å². The molecule has 2 nitrogen and oxygen atoms in total. The second-order valence-corrected chi connectivity index (χ2v) is 5.95. The molecule has 0 radical (unpaired) electrons. The third-order valence-corrected chi connectivity index (χ3v) is 4.01. The van der Waals surface area contributed by atoms with Crippen molar-refractivity contribution in [2.75, 3.05) is 13.7 Å². The van der Waals surface area contributed by atoms with E-state index in [2.05, 4.69) is 44.3 Å². The summed E-state index contributed by atoms with van der Waals surface area (Å²) >= 11 is 0. The van der Waals surface area contributed by atoms with Gasteiger partial charge in [-0.3, -0.25) is 0 Å². The van der Waals surface area contributed by atoms with E-state index in [1.165, 1.54) is 24.8 Å². The Morgan fingerprint density at radius 1 is 1.28 bits per heavy atom. The first-order chi connectivity index (χ1) is 8.52. The zero-order valence-electron chi connectivity index (χ0n) is 12.0. The second-order valence-electron chi connectivity index (χ2n) is 5.95. The fourth-order valence-electron chi connectivity index (χ4n) is 2.45. The number of aryl methyl sites for hydroxylation is 2. The summed E-state index contributed by atoms with van der Waals surface area (Å²) in [5, 5.41) is 3.56. The molecule has 0 spiro atoms. The van der Waals surface area contributed by atoms with Crippen LogP contribution in [0.15, 0.2) is 18.2 Å². The minimum Gasteiger partial charge on any atom is -0.377 e. The number of rotatable bonds is 5. The molecule has 1 aliphatic rings. The van der Waals surface area contributed by atoms with E-state index in [1.807, 2.05) is 0 Å². The lowest BCUT2D eigenvalue weighted by Gasteiger charge is -2.26. The molecule has 0 amide bonds. The van der Waals surface area contributed by atoms with Crippen molar-refractivity contribution >= 4 is 0 Å². The van der Waals surface area contributed by atoms with E-state index in [1.54, 1.807) is 18.2 Å². The molecular weight excluding hydrogens is 222 g/mol. The lowest BCUT2D eigenvalue weighted by atomic mass is 10.0. The van der Waals surface area contributed by atoms with Crippen molar-refractivity contribution in [3.05, 3.63) is 34.9 Å². The van der Waals surface area contributed by atoms with Crippen molar-refractivity contribution < 1.29 is 4.74 Å². The van der Waals surface area contributed by atoms with Gasteiger partial charge in [0.25, 0.3) is 0 Å². The maximum Gasteiger partial charge on any atom is 0.0746 e. The zero-order chi connectivity index (χ0) is 13.2. The van der Waals surface area contributed by atoms with Crippen LogP contribution in [0.25, 0.3) is 0 Å². The Balaban J connectivity index is 1.99. The summed E-state index contributed by atoms with van der Waals surface area (Å²) in [6, 6.07) is 7.32. The summed E-state index contributed by atoms with van der Waals surface area (Å²) in [5.74, 6) is 0. The van der Waals surface area contributed by atoms with Crippen LogP contribution in [0.3, 0.4) is 0 Å². The van der Waals surface area contributed by atoms with Crippen molar-refractivity contribution in [2.24, 2.45) is 0 Å². The fraction of sp³-hybridized carbons (Fsp3) is 0.625. The number of fused-ring (bicyclic) bond motifs is 1. The fourth-order valence-corrected chi connectivity index (χ4v) is 2.45. The van der Waals surface area contributed by atoms with Crippen LogP contribution in [0.1, 0.15) is 49.9 Å². The van der Waals surface area contributed by atoms with Crippen LogP contribution in [0.2, 0.25) is 0 Å². The first-order valence-corrected chi connectivity index (χ1v) is 6.92. The monoisotopic (exact) mass is 247 g/mol. The molecule has 0 heterocycles. The van der Waals surface area contributed by atoms with Crippen molar-refractivity contribution in [1.29, 1.82) is 0 Å². The minimum absolute atomic E-state index is 0.106. The largest absolute Gasteiger partial charge is 0.377 e. The Hall–Kier alpha value is -0.860. The van der Waals surface area contributed by atoms with Gasteiger partial charge in [0.05, 0.1) is 5.60 Å². The van der Waals surface area contributed by atoms with Gasteiger partial charge < -0.3 is 10.1 Å². The molecule has 0 fully saturated rings. The standard InChI is InChI=1S/C16H25NO/c1-12(17-11-16(2,3)18-4)14-9-8-13-6-5-7-15(13)10-14/h8-10,12,17H,5-7,11H2,1-4H3. The number of hydrogen-bond donors (Lipinski definition) is 1. The van der Waals surface area contributed by atoms with Crippen LogP contribution in [-0.4, -0.2) is 19.3 Å². The Labute approximate surface area is 111 Å². The normalized spacial score (nSPS) is 16.7. The van der Waals surface area contributed by atoms with Gasteiger partial charge in [0.15, 0.2) is 0 Å². The number of hydrogen-bond acceptors (Lipinski definition) is 2. The molecule has 1 unspecified atom stereocenters. The SMILES string of the molecule is COC(C)(C)CNC(C)c1ccc2c(c1)CCC2.